The van der Waals surface area contributed by atoms with Gasteiger partial charge in [-0.15, -0.1) is 0 Å². The van der Waals surface area contributed by atoms with Gasteiger partial charge in [-0.1, -0.05) is 121 Å². The van der Waals surface area contributed by atoms with Crippen LogP contribution in [0.25, 0.3) is 115 Å². The summed E-state index contributed by atoms with van der Waals surface area (Å²) in [5.41, 5.74) is 13.0. The molecule has 3 heteroatoms. The lowest BCUT2D eigenvalue weighted by Crippen LogP contribution is -1.93. The van der Waals surface area contributed by atoms with Gasteiger partial charge in [0.1, 0.15) is 0 Å². The van der Waals surface area contributed by atoms with Crippen molar-refractivity contribution in [3.8, 4) is 56.5 Å². The molecule has 0 saturated heterocycles. The summed E-state index contributed by atoms with van der Waals surface area (Å²) in [7, 11) is 0. The zero-order chi connectivity index (χ0) is 37.6. The molecule has 0 aliphatic heterocycles. The Morgan fingerprint density at radius 2 is 0.930 bits per heavy atom. The molecule has 0 aliphatic rings. The second-order valence-electron chi connectivity index (χ2n) is 15.0. The maximum absolute atomic E-state index is 10.0. The predicted molar refractivity (Wildman–Crippen MR) is 237 cm³/mol. The molecule has 0 atom stereocenters. The molecule has 0 fully saturated rings. The number of pyridine rings is 1. The van der Waals surface area contributed by atoms with Crippen LogP contribution in [0.3, 0.4) is 0 Å². The van der Waals surface area contributed by atoms with Gasteiger partial charge in [-0.3, -0.25) is 0 Å². The van der Waals surface area contributed by atoms with Gasteiger partial charge < -0.3 is 4.57 Å². The van der Waals surface area contributed by atoms with E-state index in [1.165, 1.54) is 59.8 Å². The predicted octanol–water partition coefficient (Wildman–Crippen LogP) is 14.2. The van der Waals surface area contributed by atoms with E-state index in [4.69, 9.17) is 4.98 Å². The summed E-state index contributed by atoms with van der Waals surface area (Å²) in [4.78, 5) is 5.06. The summed E-state index contributed by atoms with van der Waals surface area (Å²) in [5, 5.41) is 22.1. The minimum Gasteiger partial charge on any atom is -0.309 e. The van der Waals surface area contributed by atoms with E-state index in [2.05, 4.69) is 180 Å². The number of nitriles is 1. The van der Waals surface area contributed by atoms with Crippen molar-refractivity contribution in [2.24, 2.45) is 0 Å². The highest BCUT2D eigenvalue weighted by atomic mass is 15.0. The van der Waals surface area contributed by atoms with Gasteiger partial charge in [0, 0.05) is 33.0 Å². The molecule has 2 heterocycles. The Morgan fingerprint density at radius 1 is 0.386 bits per heavy atom. The van der Waals surface area contributed by atoms with Crippen molar-refractivity contribution < 1.29 is 0 Å². The highest BCUT2D eigenvalue weighted by Gasteiger charge is 2.21. The molecule has 0 radical (unpaired) electrons. The lowest BCUT2D eigenvalue weighted by Gasteiger charge is -2.15. The fraction of sp³-hybridized carbons (Fsp3) is 0. The monoisotopic (exact) mass is 721 g/mol. The fourth-order valence-corrected chi connectivity index (χ4v) is 9.32. The second-order valence-corrected chi connectivity index (χ2v) is 15.0. The van der Waals surface area contributed by atoms with Crippen LogP contribution >= 0.6 is 0 Å². The van der Waals surface area contributed by atoms with Gasteiger partial charge in [0.15, 0.2) is 0 Å². The maximum Gasteiger partial charge on any atom is 0.0998 e. The third kappa shape index (κ3) is 4.75. The van der Waals surface area contributed by atoms with Crippen molar-refractivity contribution in [2.45, 2.75) is 0 Å². The van der Waals surface area contributed by atoms with Crippen molar-refractivity contribution in [1.82, 2.24) is 9.55 Å². The summed E-state index contributed by atoms with van der Waals surface area (Å²) in [6.45, 7) is 0. The van der Waals surface area contributed by atoms with Crippen LogP contribution < -0.4 is 0 Å². The first-order valence-corrected chi connectivity index (χ1v) is 19.3. The molecule has 2 aromatic heterocycles. The Morgan fingerprint density at radius 3 is 1.58 bits per heavy atom. The van der Waals surface area contributed by atoms with Gasteiger partial charge in [0.25, 0.3) is 0 Å². The van der Waals surface area contributed by atoms with E-state index in [0.717, 1.165) is 55.6 Å². The van der Waals surface area contributed by atoms with Gasteiger partial charge in [0.2, 0.25) is 0 Å². The van der Waals surface area contributed by atoms with Crippen LogP contribution in [-0.4, -0.2) is 9.55 Å². The van der Waals surface area contributed by atoms with Crippen molar-refractivity contribution in [3.63, 3.8) is 0 Å². The van der Waals surface area contributed by atoms with Crippen LogP contribution in [0.5, 0.6) is 0 Å². The van der Waals surface area contributed by atoms with E-state index in [1.54, 1.807) is 0 Å². The molecule has 0 bridgehead atoms. The third-order valence-corrected chi connectivity index (χ3v) is 11.9. The van der Waals surface area contributed by atoms with Gasteiger partial charge >= 0.3 is 0 Å². The Kier molecular flexibility index (Phi) is 6.70. The molecule has 262 valence electrons. The largest absolute Gasteiger partial charge is 0.309 e. The molecule has 3 nitrogen and oxygen atoms in total. The molecule has 12 rings (SSSR count). The van der Waals surface area contributed by atoms with Crippen LogP contribution in [0.15, 0.2) is 188 Å². The lowest BCUT2D eigenvalue weighted by atomic mass is 9.89. The van der Waals surface area contributed by atoms with Gasteiger partial charge in [-0.05, 0) is 127 Å². The van der Waals surface area contributed by atoms with Crippen molar-refractivity contribution in [3.05, 3.63) is 194 Å². The van der Waals surface area contributed by atoms with Crippen molar-refractivity contribution >= 4 is 64.9 Å². The van der Waals surface area contributed by atoms with E-state index in [0.29, 0.717) is 5.56 Å². The average molecular weight is 722 g/mol. The number of nitrogens with zero attached hydrogens (tertiary/aromatic N) is 3. The minimum atomic E-state index is 0.701. The van der Waals surface area contributed by atoms with Crippen LogP contribution in [0.2, 0.25) is 0 Å². The van der Waals surface area contributed by atoms with E-state index >= 15 is 0 Å². The van der Waals surface area contributed by atoms with E-state index in [9.17, 15) is 5.26 Å². The van der Waals surface area contributed by atoms with Crippen LogP contribution in [-0.2, 0) is 0 Å². The Bertz CT molecular complexity index is 3490. The molecule has 12 aromatic rings. The van der Waals surface area contributed by atoms with Crippen molar-refractivity contribution in [2.75, 3.05) is 0 Å². The summed E-state index contributed by atoms with van der Waals surface area (Å²) in [6.07, 6.45) is 0. The molecule has 0 unspecified atom stereocenters. The third-order valence-electron chi connectivity index (χ3n) is 11.9. The summed E-state index contributed by atoms with van der Waals surface area (Å²) < 4.78 is 2.33. The minimum absolute atomic E-state index is 0.701. The van der Waals surface area contributed by atoms with Gasteiger partial charge in [0.05, 0.1) is 34.1 Å². The molecule has 57 heavy (non-hydrogen) atoms. The second kappa shape index (κ2) is 12.1. The molecular weight excluding hydrogens is 691 g/mol. The standard InChI is InChI=1S/C54H31N3/c55-32-40-22-26-49-53-45(40)23-24-46-44(25-27-50(54(46)53)57(49)43-10-5-2-6-11-43)34-16-14-33(15-17-34)41-28-36-18-20-38-30-42(31-39-21-19-37(29-41)51(36)52(38)39)48-13-7-12-47(56-48)35-8-3-1-4-9-35/h1-31H. The lowest BCUT2D eigenvalue weighted by molar-refractivity contribution is 1.18. The number of aromatic nitrogens is 2. The first-order valence-electron chi connectivity index (χ1n) is 19.3. The quantitative estimate of drug-likeness (QED) is 0.166. The Labute approximate surface area is 328 Å². The van der Waals surface area contributed by atoms with Gasteiger partial charge in [-0.2, -0.15) is 5.26 Å². The highest BCUT2D eigenvalue weighted by molar-refractivity contribution is 6.28. The Balaban J connectivity index is 0.935. The van der Waals surface area contributed by atoms with Crippen molar-refractivity contribution in [1.29, 1.82) is 5.26 Å². The normalized spacial score (nSPS) is 11.8. The highest BCUT2D eigenvalue weighted by Crippen LogP contribution is 2.44. The zero-order valence-electron chi connectivity index (χ0n) is 30.7. The van der Waals surface area contributed by atoms with E-state index in [1.807, 2.05) is 18.2 Å². The summed E-state index contributed by atoms with van der Waals surface area (Å²) >= 11 is 0. The number of benzene rings is 10. The molecule has 0 saturated carbocycles. The summed E-state index contributed by atoms with van der Waals surface area (Å²) in [5.74, 6) is 0. The average Bonchev–Trinajstić information content (AvgIpc) is 3.63. The molecular formula is C54H31N3. The SMILES string of the molecule is N#Cc1ccc2c3c1ccc1c(-c4ccc(-c5cc6ccc7cc(-c8cccc(-c9ccccc9)n8)cc8ccc(c5)c6c78)cc4)ccc(c13)n2-c1ccccc1. The first-order chi connectivity index (χ1) is 28.2. The smallest absolute Gasteiger partial charge is 0.0998 e. The number of hydrogen-bond acceptors (Lipinski definition) is 2. The number of para-hydroxylation sites is 1. The first kappa shape index (κ1) is 31.5. The van der Waals surface area contributed by atoms with E-state index in [-0.39, 0.29) is 0 Å². The van der Waals surface area contributed by atoms with Crippen LogP contribution in [0.4, 0.5) is 0 Å². The molecule has 10 aromatic carbocycles. The van der Waals surface area contributed by atoms with E-state index < -0.39 is 0 Å². The topological polar surface area (TPSA) is 41.6 Å². The van der Waals surface area contributed by atoms with Gasteiger partial charge in [-0.25, -0.2) is 4.98 Å². The fourth-order valence-electron chi connectivity index (χ4n) is 9.32. The number of hydrogen-bond donors (Lipinski definition) is 0. The molecule has 0 amide bonds. The van der Waals surface area contributed by atoms with Crippen LogP contribution in [0.1, 0.15) is 5.56 Å². The number of rotatable bonds is 5. The van der Waals surface area contributed by atoms with Crippen LogP contribution in [0, 0.1) is 11.3 Å². The molecule has 0 N–H and O–H groups in total. The molecule has 0 aliphatic carbocycles. The zero-order valence-corrected chi connectivity index (χ0v) is 30.7. The Hall–Kier alpha value is -7.80. The maximum atomic E-state index is 10.0. The molecule has 0 spiro atoms. The summed E-state index contributed by atoms with van der Waals surface area (Å²) in [6, 6.07) is 69.7.